The second-order valence-electron chi connectivity index (χ2n) is 4.08. The third-order valence-corrected chi connectivity index (χ3v) is 3.69. The highest BCUT2D eigenvalue weighted by Gasteiger charge is 2.09. The van der Waals surface area contributed by atoms with Crippen LogP contribution in [0.4, 0.5) is 11.1 Å². The van der Waals surface area contributed by atoms with Crippen LogP contribution < -0.4 is 11.1 Å². The zero-order valence-corrected chi connectivity index (χ0v) is 12.7. The van der Waals surface area contributed by atoms with Crippen molar-refractivity contribution in [1.29, 1.82) is 0 Å². The number of nitrogens with zero attached hydrogens (tertiary/aromatic N) is 3. The van der Waals surface area contributed by atoms with Gasteiger partial charge >= 0.3 is 0 Å². The topological polar surface area (TPSA) is 76.7 Å². The van der Waals surface area contributed by atoms with Gasteiger partial charge in [0.15, 0.2) is 5.13 Å². The number of aromatic nitrogens is 3. The minimum atomic E-state index is 0.262. The summed E-state index contributed by atoms with van der Waals surface area (Å²) in [7, 11) is 0. The van der Waals surface area contributed by atoms with Crippen LogP contribution in [0.2, 0.25) is 0 Å². The first-order valence-corrected chi connectivity index (χ1v) is 7.11. The van der Waals surface area contributed by atoms with Crippen LogP contribution in [0.1, 0.15) is 28.9 Å². The number of aryl methyl sites for hydroxylation is 3. The van der Waals surface area contributed by atoms with Crippen molar-refractivity contribution in [3.63, 3.8) is 0 Å². The molecule has 100 valence electrons. The third kappa shape index (κ3) is 3.24. The maximum atomic E-state index is 5.60. The number of hydrogen-bond acceptors (Lipinski definition) is 6. The van der Waals surface area contributed by atoms with Crippen LogP contribution in [0.15, 0.2) is 6.07 Å². The second-order valence-corrected chi connectivity index (χ2v) is 5.73. The SMILES string of the molecule is CCc1nc(Nc2nc(C)cc(C(N)=S)n2)sc1C. The van der Waals surface area contributed by atoms with Crippen molar-refractivity contribution in [2.24, 2.45) is 5.73 Å². The van der Waals surface area contributed by atoms with E-state index in [1.807, 2.05) is 6.92 Å². The maximum Gasteiger partial charge on any atom is 0.229 e. The van der Waals surface area contributed by atoms with Gasteiger partial charge in [-0.3, -0.25) is 0 Å². The Balaban J connectivity index is 2.29. The van der Waals surface area contributed by atoms with Gasteiger partial charge in [-0.15, -0.1) is 11.3 Å². The van der Waals surface area contributed by atoms with Gasteiger partial charge in [0, 0.05) is 10.6 Å². The molecule has 0 spiro atoms. The lowest BCUT2D eigenvalue weighted by molar-refractivity contribution is 1.04. The van der Waals surface area contributed by atoms with Gasteiger partial charge in [-0.25, -0.2) is 15.0 Å². The smallest absolute Gasteiger partial charge is 0.229 e. The van der Waals surface area contributed by atoms with Crippen molar-refractivity contribution in [3.8, 4) is 0 Å². The second kappa shape index (κ2) is 5.58. The molecule has 0 atom stereocenters. The molecule has 0 radical (unpaired) electrons. The van der Waals surface area contributed by atoms with Gasteiger partial charge in [-0.05, 0) is 26.3 Å². The zero-order valence-electron chi connectivity index (χ0n) is 11.0. The molecule has 0 bridgehead atoms. The first kappa shape index (κ1) is 13.8. The fraction of sp³-hybridized carbons (Fsp3) is 0.333. The molecule has 2 heterocycles. The van der Waals surface area contributed by atoms with Crippen LogP contribution in [0.25, 0.3) is 0 Å². The average molecular weight is 293 g/mol. The molecule has 0 aliphatic carbocycles. The Kier molecular flexibility index (Phi) is 4.06. The number of thiocarbonyl (C=S) groups is 1. The van der Waals surface area contributed by atoms with Crippen molar-refractivity contribution in [2.45, 2.75) is 27.2 Å². The molecule has 3 N–H and O–H groups in total. The Morgan fingerprint density at radius 1 is 1.37 bits per heavy atom. The van der Waals surface area contributed by atoms with E-state index in [9.17, 15) is 0 Å². The van der Waals surface area contributed by atoms with Crippen molar-refractivity contribution < 1.29 is 0 Å². The minimum Gasteiger partial charge on any atom is -0.388 e. The molecular weight excluding hydrogens is 278 g/mol. The van der Waals surface area contributed by atoms with E-state index >= 15 is 0 Å². The predicted molar refractivity (Wildman–Crippen MR) is 82.2 cm³/mol. The molecule has 0 saturated heterocycles. The quantitative estimate of drug-likeness (QED) is 0.843. The van der Waals surface area contributed by atoms with Gasteiger partial charge in [-0.1, -0.05) is 19.1 Å². The lowest BCUT2D eigenvalue weighted by atomic mass is 10.3. The Morgan fingerprint density at radius 3 is 2.68 bits per heavy atom. The Morgan fingerprint density at radius 2 is 2.11 bits per heavy atom. The number of rotatable bonds is 4. The molecule has 2 aromatic rings. The number of thiazole rings is 1. The van der Waals surface area contributed by atoms with E-state index in [1.54, 1.807) is 17.4 Å². The molecule has 0 aliphatic heterocycles. The lowest BCUT2D eigenvalue weighted by Gasteiger charge is -2.04. The van der Waals surface area contributed by atoms with E-state index < -0.39 is 0 Å². The molecule has 5 nitrogen and oxygen atoms in total. The van der Waals surface area contributed by atoms with E-state index in [0.29, 0.717) is 11.6 Å². The highest BCUT2D eigenvalue weighted by atomic mass is 32.1. The molecule has 2 rings (SSSR count). The fourth-order valence-corrected chi connectivity index (χ4v) is 2.66. The van der Waals surface area contributed by atoms with Crippen molar-refractivity contribution >= 4 is 39.6 Å². The minimum absolute atomic E-state index is 0.262. The number of anilines is 2. The third-order valence-electron chi connectivity index (χ3n) is 2.55. The number of nitrogens with one attached hydrogen (secondary N) is 1. The van der Waals surface area contributed by atoms with E-state index in [0.717, 1.165) is 22.9 Å². The number of nitrogens with two attached hydrogens (primary N) is 1. The molecule has 7 heteroatoms. The molecule has 2 aromatic heterocycles. The summed E-state index contributed by atoms with van der Waals surface area (Å²) in [6.07, 6.45) is 0.914. The number of hydrogen-bond donors (Lipinski definition) is 2. The van der Waals surface area contributed by atoms with Crippen molar-refractivity contribution in [1.82, 2.24) is 15.0 Å². The van der Waals surface area contributed by atoms with Gasteiger partial charge in [0.25, 0.3) is 0 Å². The summed E-state index contributed by atoms with van der Waals surface area (Å²) in [5.74, 6) is 0.471. The normalized spacial score (nSPS) is 10.5. The maximum absolute atomic E-state index is 5.60. The van der Waals surface area contributed by atoms with E-state index in [1.165, 1.54) is 4.88 Å². The molecule has 0 unspecified atom stereocenters. The standard InChI is InChI=1S/C12H15N5S2/c1-4-8-7(3)19-12(16-8)17-11-14-6(2)5-9(15-11)10(13)18/h5H,4H2,1-3H3,(H2,13,18)(H,14,15,16,17). The highest BCUT2D eigenvalue weighted by molar-refractivity contribution is 7.80. The van der Waals surface area contributed by atoms with Gasteiger partial charge in [0.05, 0.1) is 5.69 Å². The van der Waals surface area contributed by atoms with E-state index in [-0.39, 0.29) is 4.99 Å². The summed E-state index contributed by atoms with van der Waals surface area (Å²) >= 11 is 6.52. The summed E-state index contributed by atoms with van der Waals surface area (Å²) in [4.78, 5) is 14.5. The average Bonchev–Trinajstić information content (AvgIpc) is 2.68. The van der Waals surface area contributed by atoms with Crippen LogP contribution in [0.3, 0.4) is 0 Å². The molecule has 19 heavy (non-hydrogen) atoms. The Labute approximate surface area is 121 Å². The summed E-state index contributed by atoms with van der Waals surface area (Å²) < 4.78 is 0. The fourth-order valence-electron chi connectivity index (χ4n) is 1.66. The largest absolute Gasteiger partial charge is 0.388 e. The van der Waals surface area contributed by atoms with Crippen LogP contribution in [0.5, 0.6) is 0 Å². The van der Waals surface area contributed by atoms with Gasteiger partial charge in [-0.2, -0.15) is 0 Å². The monoisotopic (exact) mass is 293 g/mol. The molecular formula is C12H15N5S2. The van der Waals surface area contributed by atoms with Crippen molar-refractivity contribution in [3.05, 3.63) is 28.0 Å². The molecule has 0 saturated carbocycles. The molecule has 0 amide bonds. The Bertz CT molecular complexity index is 621. The Hall–Kier alpha value is -1.60. The predicted octanol–water partition coefficient (Wildman–Crippen LogP) is 2.49. The molecule has 0 aliphatic rings. The van der Waals surface area contributed by atoms with Crippen LogP contribution in [-0.2, 0) is 6.42 Å². The summed E-state index contributed by atoms with van der Waals surface area (Å²) in [6.45, 7) is 6.01. The highest BCUT2D eigenvalue weighted by Crippen LogP contribution is 2.24. The van der Waals surface area contributed by atoms with Crippen molar-refractivity contribution in [2.75, 3.05) is 5.32 Å². The van der Waals surface area contributed by atoms with E-state index in [2.05, 4.69) is 34.1 Å². The van der Waals surface area contributed by atoms with Crippen LogP contribution >= 0.6 is 23.6 Å². The summed E-state index contributed by atoms with van der Waals surface area (Å²) in [6, 6.07) is 1.76. The van der Waals surface area contributed by atoms with Crippen LogP contribution in [-0.4, -0.2) is 19.9 Å². The van der Waals surface area contributed by atoms with Gasteiger partial charge in [0.2, 0.25) is 5.95 Å². The zero-order chi connectivity index (χ0) is 14.0. The summed E-state index contributed by atoms with van der Waals surface area (Å²) in [5.41, 5.74) is 8.06. The summed E-state index contributed by atoms with van der Waals surface area (Å²) in [5, 5.41) is 3.89. The molecule has 0 aromatic carbocycles. The lowest BCUT2D eigenvalue weighted by Crippen LogP contribution is -2.13. The first-order valence-electron chi connectivity index (χ1n) is 5.88. The first-order chi connectivity index (χ1) is 8.99. The van der Waals surface area contributed by atoms with Crippen LogP contribution in [0, 0.1) is 13.8 Å². The van der Waals surface area contributed by atoms with Gasteiger partial charge < -0.3 is 11.1 Å². The van der Waals surface area contributed by atoms with Gasteiger partial charge in [0.1, 0.15) is 10.7 Å². The molecule has 0 fully saturated rings. The van der Waals surface area contributed by atoms with E-state index in [4.69, 9.17) is 18.0 Å².